The first-order valence-corrected chi connectivity index (χ1v) is 11.1. The second kappa shape index (κ2) is 6.55. The van der Waals surface area contributed by atoms with Crippen molar-refractivity contribution in [1.29, 1.82) is 0 Å². The van der Waals surface area contributed by atoms with Crippen molar-refractivity contribution >= 4 is 27.7 Å². The van der Waals surface area contributed by atoms with Crippen molar-refractivity contribution in [1.82, 2.24) is 24.3 Å². The summed E-state index contributed by atoms with van der Waals surface area (Å²) < 4.78 is 2.17. The van der Waals surface area contributed by atoms with Crippen molar-refractivity contribution in [2.45, 2.75) is 83.5 Å². The van der Waals surface area contributed by atoms with Gasteiger partial charge in [-0.1, -0.05) is 53.3 Å². The first-order chi connectivity index (χ1) is 14.1. The van der Waals surface area contributed by atoms with Gasteiger partial charge < -0.3 is 4.40 Å². The monoisotopic (exact) mass is 591 g/mol. The molecule has 2 aliphatic carbocycles. The van der Waals surface area contributed by atoms with Crippen LogP contribution in [0.2, 0.25) is 0 Å². The summed E-state index contributed by atoms with van der Waals surface area (Å²) >= 11 is 0. The molecule has 6 heteroatoms. The fourth-order valence-electron chi connectivity index (χ4n) is 5.31. The molecule has 0 N–H and O–H groups in total. The van der Waals surface area contributed by atoms with Crippen LogP contribution in [-0.2, 0) is 30.9 Å². The molecule has 163 valence electrons. The molecule has 0 spiro atoms. The van der Waals surface area contributed by atoms with E-state index in [1.807, 2.05) is 6.20 Å². The number of fused-ring (bicyclic) bond motifs is 10. The Bertz CT molecular complexity index is 1360. The molecule has 0 aliphatic heterocycles. The average Bonchev–Trinajstić information content (AvgIpc) is 3.37. The predicted octanol–water partition coefficient (Wildman–Crippen LogP) is 5.58. The van der Waals surface area contributed by atoms with Crippen LogP contribution in [0.25, 0.3) is 27.7 Å². The first kappa shape index (κ1) is 21.0. The number of aromatic nitrogens is 5. The summed E-state index contributed by atoms with van der Waals surface area (Å²) in [6, 6.07) is 6.10. The van der Waals surface area contributed by atoms with E-state index in [4.69, 9.17) is 15.0 Å². The summed E-state index contributed by atoms with van der Waals surface area (Å²) in [4.78, 5) is 19.7. The zero-order valence-electron chi connectivity index (χ0n) is 19.0. The number of benzene rings is 1. The molecule has 6 rings (SSSR count). The molecule has 0 saturated heterocycles. The van der Waals surface area contributed by atoms with Gasteiger partial charge in [-0.2, -0.15) is 0 Å². The number of imidazole rings is 1. The van der Waals surface area contributed by atoms with Crippen LogP contribution in [0.15, 0.2) is 12.3 Å². The van der Waals surface area contributed by atoms with Crippen molar-refractivity contribution in [2.24, 2.45) is 0 Å². The molecule has 2 unspecified atom stereocenters. The Balaban J connectivity index is 0.00000204. The van der Waals surface area contributed by atoms with Gasteiger partial charge >= 0.3 is 0 Å². The molecule has 0 amide bonds. The van der Waals surface area contributed by atoms with Crippen molar-refractivity contribution < 1.29 is 20.1 Å². The largest absolute Gasteiger partial charge is 0.319 e. The predicted molar refractivity (Wildman–Crippen MR) is 119 cm³/mol. The van der Waals surface area contributed by atoms with Crippen molar-refractivity contribution in [3.8, 4) is 0 Å². The van der Waals surface area contributed by atoms with Crippen LogP contribution in [0.5, 0.6) is 0 Å². The van der Waals surface area contributed by atoms with E-state index in [1.165, 1.54) is 30.4 Å². The molecule has 2 aliphatic rings. The quantitative estimate of drug-likeness (QED) is 0.251. The molecule has 4 aromatic rings. The van der Waals surface area contributed by atoms with Gasteiger partial charge in [-0.15, -0.1) is 23.3 Å². The smallest absolute Gasteiger partial charge is 0.171 e. The van der Waals surface area contributed by atoms with Crippen LogP contribution in [0.3, 0.4) is 0 Å². The first-order valence-electron chi connectivity index (χ1n) is 11.1. The van der Waals surface area contributed by atoms with Gasteiger partial charge in [0.05, 0.1) is 11.8 Å². The molecule has 1 fully saturated rings. The van der Waals surface area contributed by atoms with Gasteiger partial charge in [0, 0.05) is 30.9 Å². The fourth-order valence-corrected chi connectivity index (χ4v) is 5.31. The van der Waals surface area contributed by atoms with Crippen LogP contribution in [0.1, 0.15) is 95.4 Å². The molecular weight excluding hydrogens is 563 g/mol. The number of rotatable bonds is 0. The zero-order valence-corrected chi connectivity index (χ0v) is 21.4. The molecule has 1 aromatic carbocycles. The van der Waals surface area contributed by atoms with Crippen LogP contribution in [0, 0.1) is 6.07 Å². The summed E-state index contributed by atoms with van der Waals surface area (Å²) in [7, 11) is 0. The normalized spacial score (nSPS) is 20.6. The van der Waals surface area contributed by atoms with E-state index in [-0.39, 0.29) is 30.9 Å². The van der Waals surface area contributed by atoms with Crippen LogP contribution < -0.4 is 0 Å². The molecule has 2 bridgehead atoms. The Morgan fingerprint density at radius 1 is 0.968 bits per heavy atom. The van der Waals surface area contributed by atoms with Gasteiger partial charge in [-0.25, -0.2) is 9.97 Å². The molecule has 1 radical (unpaired) electrons. The fraction of sp³-hybridized carbons (Fsp3) is 0.520. The minimum atomic E-state index is -0.138. The average molecular weight is 591 g/mol. The maximum absolute atomic E-state index is 5.17. The van der Waals surface area contributed by atoms with Crippen LogP contribution in [-0.4, -0.2) is 24.3 Å². The minimum Gasteiger partial charge on any atom is -0.319 e. The molecular formula is C25H28IrN5-. The molecule has 1 saturated carbocycles. The van der Waals surface area contributed by atoms with E-state index in [0.717, 1.165) is 39.4 Å². The van der Waals surface area contributed by atoms with E-state index in [2.05, 4.69) is 63.1 Å². The van der Waals surface area contributed by atoms with Gasteiger partial charge in [0.2, 0.25) is 0 Å². The van der Waals surface area contributed by atoms with E-state index in [9.17, 15) is 0 Å². The van der Waals surface area contributed by atoms with E-state index in [0.29, 0.717) is 11.8 Å². The Morgan fingerprint density at radius 3 is 2.42 bits per heavy atom. The minimum absolute atomic E-state index is 0. The summed E-state index contributed by atoms with van der Waals surface area (Å²) in [5, 5.41) is 1.02. The number of nitrogens with zero attached hydrogens (tertiary/aromatic N) is 5. The Kier molecular flexibility index (Phi) is 4.43. The van der Waals surface area contributed by atoms with E-state index >= 15 is 0 Å². The van der Waals surface area contributed by atoms with Gasteiger partial charge in [0.25, 0.3) is 0 Å². The number of hydrogen-bond acceptors (Lipinski definition) is 4. The third-order valence-electron chi connectivity index (χ3n) is 6.82. The van der Waals surface area contributed by atoms with Crippen molar-refractivity contribution in [2.75, 3.05) is 0 Å². The molecule has 2 atom stereocenters. The third kappa shape index (κ3) is 2.98. The maximum atomic E-state index is 5.17. The zero-order chi connectivity index (χ0) is 21.0. The Hall–Kier alpha value is -1.91. The van der Waals surface area contributed by atoms with Gasteiger partial charge in [-0.05, 0) is 30.2 Å². The summed E-state index contributed by atoms with van der Waals surface area (Å²) in [6.45, 7) is 13.0. The second-order valence-electron chi connectivity index (χ2n) is 11.2. The summed E-state index contributed by atoms with van der Waals surface area (Å²) in [6.07, 6.45) is 5.80. The summed E-state index contributed by atoms with van der Waals surface area (Å²) in [5.74, 6) is 3.17. The Morgan fingerprint density at radius 2 is 1.71 bits per heavy atom. The van der Waals surface area contributed by atoms with E-state index < -0.39 is 0 Å². The Labute approximate surface area is 196 Å². The molecule has 31 heavy (non-hydrogen) atoms. The summed E-state index contributed by atoms with van der Waals surface area (Å²) in [5.41, 5.74) is 6.20. The maximum Gasteiger partial charge on any atom is 0.171 e. The van der Waals surface area contributed by atoms with Gasteiger partial charge in [0.1, 0.15) is 17.2 Å². The van der Waals surface area contributed by atoms with Crippen LogP contribution >= 0.6 is 0 Å². The van der Waals surface area contributed by atoms with Gasteiger partial charge in [-0.3, -0.25) is 9.97 Å². The standard InChI is InChI=1S/C25H28N5.Ir/c1-24(2,3)22-26-12-19-20(29-22)28-21-17-10-15-13-7-8-14(9-13)16(15)11-18(17)27-23(30(19)21)25(4,5)6;/h11-14H,7-9H2,1-6H3;/q-1;. The number of hydrogen-bond donors (Lipinski definition) is 0. The topological polar surface area (TPSA) is 56.0 Å². The molecule has 3 aromatic heterocycles. The third-order valence-corrected chi connectivity index (χ3v) is 6.82. The second-order valence-corrected chi connectivity index (χ2v) is 11.2. The molecule has 5 nitrogen and oxygen atoms in total. The molecule has 3 heterocycles. The van der Waals surface area contributed by atoms with E-state index in [1.54, 1.807) is 0 Å². The van der Waals surface area contributed by atoms with Crippen LogP contribution in [0.4, 0.5) is 0 Å². The van der Waals surface area contributed by atoms with Crippen molar-refractivity contribution in [3.05, 3.63) is 41.1 Å². The SMILES string of the molecule is CC(C)(C)c1ncc2c(n1)nc1c3[c-]c4c(cc3nc(C(C)(C)C)n21)C1CCC4C1.[Ir]. The van der Waals surface area contributed by atoms with Crippen molar-refractivity contribution in [3.63, 3.8) is 0 Å². The van der Waals surface area contributed by atoms with Gasteiger partial charge in [0.15, 0.2) is 5.65 Å².